The number of nitrogens with zero attached hydrogens (tertiary/aromatic N) is 3. The van der Waals surface area contributed by atoms with Crippen molar-refractivity contribution in [3.63, 3.8) is 0 Å². The van der Waals surface area contributed by atoms with Crippen molar-refractivity contribution in [2.45, 2.75) is 6.54 Å². The second-order valence-corrected chi connectivity index (χ2v) is 9.83. The van der Waals surface area contributed by atoms with E-state index in [1.54, 1.807) is 0 Å². The first kappa shape index (κ1) is 24.5. The van der Waals surface area contributed by atoms with Crippen molar-refractivity contribution in [3.8, 4) is 22.8 Å². The first-order chi connectivity index (χ1) is 20.2. The molecule has 0 radical (unpaired) electrons. The van der Waals surface area contributed by atoms with Gasteiger partial charge in [-0.1, -0.05) is 97.1 Å². The summed E-state index contributed by atoms with van der Waals surface area (Å²) in [6.07, 6.45) is 0. The van der Waals surface area contributed by atoms with Gasteiger partial charge in [0, 0.05) is 28.3 Å². The maximum Gasteiger partial charge on any atom is 0.279 e. The Morgan fingerprint density at radius 3 is 2.27 bits per heavy atom. The van der Waals surface area contributed by atoms with E-state index in [4.69, 9.17) is 14.7 Å². The Bertz CT molecular complexity index is 1920. The Morgan fingerprint density at radius 2 is 1.41 bits per heavy atom. The summed E-state index contributed by atoms with van der Waals surface area (Å²) in [6, 6.07) is 45.1. The summed E-state index contributed by atoms with van der Waals surface area (Å²) >= 11 is 0. The number of para-hydroxylation sites is 2. The van der Waals surface area contributed by atoms with Crippen LogP contribution in [-0.4, -0.2) is 16.7 Å². The molecular weight excluding hydrogens is 506 g/mol. The second-order valence-electron chi connectivity index (χ2n) is 9.83. The van der Waals surface area contributed by atoms with Crippen LogP contribution in [0.15, 0.2) is 145 Å². The van der Waals surface area contributed by atoms with Crippen LogP contribution < -0.4 is 9.64 Å². The Kier molecular flexibility index (Phi) is 6.30. The van der Waals surface area contributed by atoms with Gasteiger partial charge in [-0.2, -0.15) is 4.99 Å². The molecule has 5 heteroatoms. The average molecular weight is 532 g/mol. The predicted octanol–water partition coefficient (Wildman–Crippen LogP) is 8.30. The van der Waals surface area contributed by atoms with Crippen molar-refractivity contribution in [2.75, 3.05) is 4.90 Å². The number of amides is 1. The van der Waals surface area contributed by atoms with Crippen LogP contribution in [0.1, 0.15) is 21.5 Å². The molecule has 0 saturated carbocycles. The first-order valence-electron chi connectivity index (χ1n) is 13.5. The van der Waals surface area contributed by atoms with E-state index in [1.165, 1.54) is 0 Å². The second kappa shape index (κ2) is 10.5. The molecule has 5 nitrogen and oxygen atoms in total. The highest BCUT2D eigenvalue weighted by Gasteiger charge is 2.28. The number of aromatic nitrogens is 1. The number of aliphatic imine (C=N–C) groups is 1. The molecule has 41 heavy (non-hydrogen) atoms. The van der Waals surface area contributed by atoms with E-state index in [0.29, 0.717) is 23.7 Å². The lowest BCUT2D eigenvalue weighted by Crippen LogP contribution is -2.25. The summed E-state index contributed by atoms with van der Waals surface area (Å²) in [7, 11) is 0. The summed E-state index contributed by atoms with van der Waals surface area (Å²) in [4.78, 5) is 25.7. The maximum atomic E-state index is 14.0. The third-order valence-electron chi connectivity index (χ3n) is 7.17. The number of benzene rings is 5. The minimum absolute atomic E-state index is 0.311. The van der Waals surface area contributed by atoms with Crippen molar-refractivity contribution in [3.05, 3.63) is 156 Å². The van der Waals surface area contributed by atoms with Crippen LogP contribution >= 0.6 is 0 Å². The van der Waals surface area contributed by atoms with Gasteiger partial charge in [0.2, 0.25) is 0 Å². The lowest BCUT2D eigenvalue weighted by molar-refractivity contribution is 0.100. The third kappa shape index (κ3) is 4.85. The number of carbonyl (C=O) groups is 1. The third-order valence-corrected chi connectivity index (χ3v) is 7.17. The molecule has 5 aromatic carbocycles. The summed E-state index contributed by atoms with van der Waals surface area (Å²) in [5.41, 5.74) is 5.91. The van der Waals surface area contributed by atoms with Gasteiger partial charge in [-0.05, 0) is 42.0 Å². The molecule has 0 bridgehead atoms. The highest BCUT2D eigenvalue weighted by atomic mass is 16.5. The number of carbonyl (C=O) groups excluding carboxylic acids is 1. The fourth-order valence-corrected chi connectivity index (χ4v) is 5.21. The van der Waals surface area contributed by atoms with E-state index in [0.717, 1.165) is 44.7 Å². The monoisotopic (exact) mass is 531 g/mol. The number of hydrogen-bond donors (Lipinski definition) is 0. The summed E-state index contributed by atoms with van der Waals surface area (Å²) < 4.78 is 6.10. The molecule has 196 valence electrons. The van der Waals surface area contributed by atoms with Gasteiger partial charge < -0.3 is 9.64 Å². The van der Waals surface area contributed by atoms with Crippen LogP contribution in [0, 0.1) is 0 Å². The summed E-state index contributed by atoms with van der Waals surface area (Å²) in [5, 5.41) is 0.776. The number of anilines is 1. The van der Waals surface area contributed by atoms with Gasteiger partial charge in [-0.15, -0.1) is 0 Å². The van der Waals surface area contributed by atoms with Crippen LogP contribution in [0.3, 0.4) is 0 Å². The van der Waals surface area contributed by atoms with E-state index in [9.17, 15) is 4.79 Å². The topological polar surface area (TPSA) is 54.8 Å². The Balaban J connectivity index is 1.31. The Hall–Kier alpha value is -5.55. The van der Waals surface area contributed by atoms with Crippen LogP contribution in [0.4, 0.5) is 5.69 Å². The SMILES string of the molecule is O=C(N=C1c2ccccc2CN1c1cccc(Oc2ccccc2)c1)c1cc(-c2ccccc2)nc2ccccc12. The van der Waals surface area contributed by atoms with Gasteiger partial charge >= 0.3 is 0 Å². The predicted molar refractivity (Wildman–Crippen MR) is 164 cm³/mol. The van der Waals surface area contributed by atoms with Gasteiger partial charge in [0.1, 0.15) is 17.3 Å². The molecular formula is C36H25N3O2. The summed E-state index contributed by atoms with van der Waals surface area (Å²) in [5.74, 6) is 1.78. The number of hydrogen-bond acceptors (Lipinski definition) is 3. The van der Waals surface area contributed by atoms with E-state index >= 15 is 0 Å². The molecule has 0 N–H and O–H groups in total. The van der Waals surface area contributed by atoms with Gasteiger partial charge in [0.05, 0.1) is 23.3 Å². The molecule has 0 atom stereocenters. The zero-order valence-corrected chi connectivity index (χ0v) is 22.1. The number of rotatable bonds is 5. The fourth-order valence-electron chi connectivity index (χ4n) is 5.21. The van der Waals surface area contributed by atoms with E-state index in [1.807, 2.05) is 133 Å². The smallest absolute Gasteiger partial charge is 0.279 e. The molecule has 6 aromatic rings. The van der Waals surface area contributed by atoms with Gasteiger partial charge in [-0.3, -0.25) is 4.79 Å². The van der Waals surface area contributed by atoms with Gasteiger partial charge in [0.25, 0.3) is 5.91 Å². The lowest BCUT2D eigenvalue weighted by atomic mass is 10.0. The van der Waals surface area contributed by atoms with E-state index in [2.05, 4.69) is 11.0 Å². The summed E-state index contributed by atoms with van der Waals surface area (Å²) in [6.45, 7) is 0.601. The molecule has 1 amide bonds. The van der Waals surface area contributed by atoms with Crippen molar-refractivity contribution in [2.24, 2.45) is 4.99 Å². The molecule has 7 rings (SSSR count). The molecule has 0 spiro atoms. The molecule has 1 aliphatic rings. The van der Waals surface area contributed by atoms with E-state index in [-0.39, 0.29) is 5.91 Å². The van der Waals surface area contributed by atoms with E-state index < -0.39 is 0 Å². The Morgan fingerprint density at radius 1 is 0.707 bits per heavy atom. The van der Waals surface area contributed by atoms with Gasteiger partial charge in [0.15, 0.2) is 0 Å². The highest BCUT2D eigenvalue weighted by molar-refractivity contribution is 6.20. The highest BCUT2D eigenvalue weighted by Crippen LogP contribution is 2.33. The minimum Gasteiger partial charge on any atom is -0.457 e. The number of ether oxygens (including phenoxy) is 1. The van der Waals surface area contributed by atoms with Crippen molar-refractivity contribution < 1.29 is 9.53 Å². The van der Waals surface area contributed by atoms with Crippen molar-refractivity contribution >= 4 is 28.3 Å². The van der Waals surface area contributed by atoms with Crippen LogP contribution in [-0.2, 0) is 6.54 Å². The van der Waals surface area contributed by atoms with Gasteiger partial charge in [-0.25, -0.2) is 4.98 Å². The van der Waals surface area contributed by atoms with Crippen LogP contribution in [0.2, 0.25) is 0 Å². The molecule has 0 saturated heterocycles. The average Bonchev–Trinajstić information content (AvgIpc) is 3.39. The number of amidine groups is 1. The molecule has 1 aliphatic heterocycles. The minimum atomic E-state index is -0.311. The largest absolute Gasteiger partial charge is 0.457 e. The van der Waals surface area contributed by atoms with Crippen LogP contribution in [0.25, 0.3) is 22.2 Å². The normalized spacial score (nSPS) is 13.4. The molecule has 1 aromatic heterocycles. The lowest BCUT2D eigenvalue weighted by Gasteiger charge is -2.20. The molecule has 0 unspecified atom stereocenters. The Labute approximate surface area is 238 Å². The van der Waals surface area contributed by atoms with Crippen molar-refractivity contribution in [1.29, 1.82) is 0 Å². The standard InChI is InChI=1S/C36H25N3O2/c40-36(32-23-34(25-12-3-1-4-13-25)37-33-21-10-9-20-31(32)33)38-35-30-19-8-7-14-26(30)24-39(35)27-15-11-18-29(22-27)41-28-16-5-2-6-17-28/h1-23H,24H2. The zero-order valence-electron chi connectivity index (χ0n) is 22.1. The quantitative estimate of drug-likeness (QED) is 0.225. The molecule has 0 aliphatic carbocycles. The first-order valence-corrected chi connectivity index (χ1v) is 13.5. The number of pyridine rings is 1. The molecule has 0 fully saturated rings. The fraction of sp³-hybridized carbons (Fsp3) is 0.0278. The van der Waals surface area contributed by atoms with Crippen LogP contribution in [0.5, 0.6) is 11.5 Å². The zero-order chi connectivity index (χ0) is 27.6. The number of fused-ring (bicyclic) bond motifs is 2. The maximum absolute atomic E-state index is 14.0. The molecule has 2 heterocycles. The van der Waals surface area contributed by atoms with Crippen molar-refractivity contribution in [1.82, 2.24) is 4.98 Å².